The fraction of sp³-hybridized carbons (Fsp3) is 0.455. The van der Waals surface area contributed by atoms with Crippen molar-refractivity contribution in [2.24, 2.45) is 5.11 Å². The van der Waals surface area contributed by atoms with Crippen LogP contribution in [-0.2, 0) is 6.42 Å². The maximum absolute atomic E-state index is 8.15. The Morgan fingerprint density at radius 1 is 1.19 bits per heavy atom. The Hall–Kier alpha value is -1.87. The average molecular weight is 221 g/mol. The third kappa shape index (κ3) is 3.71. The lowest BCUT2D eigenvalue weighted by Crippen LogP contribution is -1.92. The smallest absolute Gasteiger partial charge is 0.122 e. The van der Waals surface area contributed by atoms with Gasteiger partial charge in [-0.3, -0.25) is 0 Å². The minimum atomic E-state index is 0.510. The summed E-state index contributed by atoms with van der Waals surface area (Å²) in [6.07, 6.45) is 1.66. The number of methoxy groups -OCH3 is 2. The first-order valence-corrected chi connectivity index (χ1v) is 5.03. The van der Waals surface area contributed by atoms with Gasteiger partial charge in [-0.1, -0.05) is 5.11 Å². The van der Waals surface area contributed by atoms with Gasteiger partial charge in [-0.2, -0.15) is 0 Å². The number of aryl methyl sites for hydroxylation is 1. The zero-order valence-corrected chi connectivity index (χ0v) is 9.51. The molecule has 0 saturated heterocycles. The molecule has 86 valence electrons. The van der Waals surface area contributed by atoms with E-state index in [0.29, 0.717) is 6.54 Å². The fourth-order valence-corrected chi connectivity index (χ4v) is 1.41. The summed E-state index contributed by atoms with van der Waals surface area (Å²) in [7, 11) is 3.25. The summed E-state index contributed by atoms with van der Waals surface area (Å²) in [5.74, 6) is 1.55. The van der Waals surface area contributed by atoms with E-state index in [9.17, 15) is 0 Å². The topological polar surface area (TPSA) is 67.2 Å². The highest BCUT2D eigenvalue weighted by Crippen LogP contribution is 2.23. The van der Waals surface area contributed by atoms with Crippen LogP contribution in [0.2, 0.25) is 0 Å². The predicted molar refractivity (Wildman–Crippen MR) is 61.9 cm³/mol. The molecule has 0 bridgehead atoms. The summed E-state index contributed by atoms with van der Waals surface area (Å²) in [5.41, 5.74) is 9.26. The van der Waals surface area contributed by atoms with E-state index in [1.165, 1.54) is 0 Å². The molecule has 1 rings (SSSR count). The molecule has 0 saturated carbocycles. The first-order chi connectivity index (χ1) is 7.80. The van der Waals surface area contributed by atoms with E-state index in [1.54, 1.807) is 14.2 Å². The van der Waals surface area contributed by atoms with Crippen LogP contribution in [0.15, 0.2) is 23.3 Å². The predicted octanol–water partition coefficient (Wildman–Crippen LogP) is 2.95. The lowest BCUT2D eigenvalue weighted by Gasteiger charge is -2.07. The van der Waals surface area contributed by atoms with E-state index < -0.39 is 0 Å². The summed E-state index contributed by atoms with van der Waals surface area (Å²) in [5, 5.41) is 3.49. The van der Waals surface area contributed by atoms with Crippen LogP contribution in [0.25, 0.3) is 10.4 Å². The second-order valence-corrected chi connectivity index (χ2v) is 3.28. The molecule has 0 aliphatic rings. The zero-order chi connectivity index (χ0) is 11.8. The third-order valence-electron chi connectivity index (χ3n) is 2.20. The monoisotopic (exact) mass is 221 g/mol. The Bertz CT molecular complexity index is 365. The molecule has 1 aromatic carbocycles. The highest BCUT2D eigenvalue weighted by Gasteiger charge is 2.01. The first kappa shape index (κ1) is 12.2. The van der Waals surface area contributed by atoms with E-state index in [4.69, 9.17) is 15.0 Å². The molecule has 0 spiro atoms. The van der Waals surface area contributed by atoms with E-state index in [1.807, 2.05) is 18.2 Å². The zero-order valence-electron chi connectivity index (χ0n) is 9.51. The quantitative estimate of drug-likeness (QED) is 0.321. The standard InChI is InChI=1S/C11H15N3O2/c1-15-10-6-9(4-3-5-13-14-12)7-11(8-10)16-2/h6-8H,3-5H2,1-2H3. The number of hydrogen-bond acceptors (Lipinski definition) is 3. The molecule has 0 N–H and O–H groups in total. The Morgan fingerprint density at radius 2 is 1.81 bits per heavy atom. The SMILES string of the molecule is COc1cc(CCCN=[N+]=[N-])cc(OC)c1. The summed E-state index contributed by atoms with van der Waals surface area (Å²) in [4.78, 5) is 2.71. The minimum Gasteiger partial charge on any atom is -0.497 e. The van der Waals surface area contributed by atoms with Gasteiger partial charge in [0.1, 0.15) is 11.5 Å². The molecule has 0 amide bonds. The van der Waals surface area contributed by atoms with E-state index >= 15 is 0 Å². The highest BCUT2D eigenvalue weighted by molar-refractivity contribution is 5.38. The molecular weight excluding hydrogens is 206 g/mol. The van der Waals surface area contributed by atoms with Gasteiger partial charge in [-0.15, -0.1) is 0 Å². The molecule has 0 fully saturated rings. The van der Waals surface area contributed by atoms with Crippen LogP contribution in [0.4, 0.5) is 0 Å². The summed E-state index contributed by atoms with van der Waals surface area (Å²) in [6, 6.07) is 5.74. The Morgan fingerprint density at radius 3 is 2.31 bits per heavy atom. The van der Waals surface area contributed by atoms with Crippen LogP contribution in [0.5, 0.6) is 11.5 Å². The Kier molecular flexibility index (Phi) is 5.02. The van der Waals surface area contributed by atoms with Gasteiger partial charge in [0, 0.05) is 17.5 Å². The van der Waals surface area contributed by atoms with Crippen molar-refractivity contribution >= 4 is 0 Å². The molecular formula is C11H15N3O2. The number of azide groups is 1. The molecule has 5 nitrogen and oxygen atoms in total. The number of nitrogens with zero attached hydrogens (tertiary/aromatic N) is 3. The van der Waals surface area contributed by atoms with Crippen LogP contribution in [0.3, 0.4) is 0 Å². The number of hydrogen-bond donors (Lipinski definition) is 0. The molecule has 0 aliphatic carbocycles. The van der Waals surface area contributed by atoms with Gasteiger partial charge >= 0.3 is 0 Å². The van der Waals surface area contributed by atoms with Crippen molar-refractivity contribution < 1.29 is 9.47 Å². The fourth-order valence-electron chi connectivity index (χ4n) is 1.41. The lowest BCUT2D eigenvalue weighted by atomic mass is 10.1. The van der Waals surface area contributed by atoms with Crippen LogP contribution >= 0.6 is 0 Å². The van der Waals surface area contributed by atoms with E-state index in [0.717, 1.165) is 29.9 Å². The summed E-state index contributed by atoms with van der Waals surface area (Å²) < 4.78 is 10.3. The molecule has 0 atom stereocenters. The Labute approximate surface area is 94.6 Å². The van der Waals surface area contributed by atoms with Gasteiger partial charge < -0.3 is 9.47 Å². The minimum absolute atomic E-state index is 0.510. The average Bonchev–Trinajstić information content (AvgIpc) is 2.34. The van der Waals surface area contributed by atoms with Crippen molar-refractivity contribution in [1.82, 2.24) is 0 Å². The normalized spacial score (nSPS) is 9.38. The Balaban J connectivity index is 2.67. The second kappa shape index (κ2) is 6.58. The maximum Gasteiger partial charge on any atom is 0.122 e. The molecule has 0 unspecified atom stereocenters. The van der Waals surface area contributed by atoms with Crippen molar-refractivity contribution in [2.45, 2.75) is 12.8 Å². The van der Waals surface area contributed by atoms with Crippen LogP contribution < -0.4 is 9.47 Å². The van der Waals surface area contributed by atoms with Crippen molar-refractivity contribution in [1.29, 1.82) is 0 Å². The van der Waals surface area contributed by atoms with Crippen LogP contribution in [-0.4, -0.2) is 20.8 Å². The maximum atomic E-state index is 8.15. The molecule has 5 heteroatoms. The molecule has 16 heavy (non-hydrogen) atoms. The first-order valence-electron chi connectivity index (χ1n) is 5.03. The van der Waals surface area contributed by atoms with Gasteiger partial charge in [0.2, 0.25) is 0 Å². The molecule has 0 aromatic heterocycles. The second-order valence-electron chi connectivity index (χ2n) is 3.28. The molecule has 0 radical (unpaired) electrons. The van der Waals surface area contributed by atoms with Crippen molar-refractivity contribution in [2.75, 3.05) is 20.8 Å². The molecule has 0 heterocycles. The number of rotatable bonds is 6. The summed E-state index contributed by atoms with van der Waals surface area (Å²) >= 11 is 0. The molecule has 1 aromatic rings. The van der Waals surface area contributed by atoms with Crippen LogP contribution in [0.1, 0.15) is 12.0 Å². The van der Waals surface area contributed by atoms with Gasteiger partial charge in [0.25, 0.3) is 0 Å². The van der Waals surface area contributed by atoms with Crippen LogP contribution in [0, 0.1) is 0 Å². The van der Waals surface area contributed by atoms with Gasteiger partial charge in [0.15, 0.2) is 0 Å². The molecule has 0 aliphatic heterocycles. The largest absolute Gasteiger partial charge is 0.497 e. The number of benzene rings is 1. The van der Waals surface area contributed by atoms with Gasteiger partial charge in [-0.25, -0.2) is 0 Å². The van der Waals surface area contributed by atoms with Crippen molar-refractivity contribution in [3.63, 3.8) is 0 Å². The van der Waals surface area contributed by atoms with E-state index in [-0.39, 0.29) is 0 Å². The lowest BCUT2D eigenvalue weighted by molar-refractivity contribution is 0.393. The van der Waals surface area contributed by atoms with Gasteiger partial charge in [-0.05, 0) is 36.1 Å². The van der Waals surface area contributed by atoms with E-state index in [2.05, 4.69) is 10.0 Å². The third-order valence-corrected chi connectivity index (χ3v) is 2.20. The highest BCUT2D eigenvalue weighted by atomic mass is 16.5. The van der Waals surface area contributed by atoms with Gasteiger partial charge in [0.05, 0.1) is 14.2 Å². The summed E-state index contributed by atoms with van der Waals surface area (Å²) in [6.45, 7) is 0.510. The number of ether oxygens (including phenoxy) is 2. The van der Waals surface area contributed by atoms with Crippen molar-refractivity contribution in [3.8, 4) is 11.5 Å². The van der Waals surface area contributed by atoms with Crippen molar-refractivity contribution in [3.05, 3.63) is 34.2 Å².